The first-order valence-corrected chi connectivity index (χ1v) is 10.6. The van der Waals surface area contributed by atoms with Gasteiger partial charge in [-0.3, -0.25) is 10.1 Å². The van der Waals surface area contributed by atoms with Gasteiger partial charge < -0.3 is 14.3 Å². The minimum absolute atomic E-state index is 0.0172. The Balaban J connectivity index is 1.90. The number of nitro benzene ring substituents is 1. The highest BCUT2D eigenvalue weighted by Gasteiger charge is 2.24. The van der Waals surface area contributed by atoms with E-state index in [2.05, 4.69) is 11.1 Å². The molecule has 8 heteroatoms. The number of nitrogens with zero attached hydrogens (tertiary/aromatic N) is 3. The number of phenols is 1. The molecule has 8 nitrogen and oxygen atoms in total. The van der Waals surface area contributed by atoms with Crippen molar-refractivity contribution in [2.24, 2.45) is 4.99 Å². The molecule has 0 saturated heterocycles. The lowest BCUT2D eigenvalue weighted by molar-refractivity contribution is -0.385. The fourth-order valence-electron chi connectivity index (χ4n) is 3.62. The molecular formula is C27H21N3O5. The standard InChI is InChI=1S/C27H21N3O5/c1-16-4-8-18(9-5-16)24-22(14-28)27(35-26(24)19-10-6-17(2)7-11-19)29-15-20-12-21(34-3)13-23(25(20)31)30(32)33/h4-13,15,31H,1-3H3. The lowest BCUT2D eigenvalue weighted by Gasteiger charge is -2.05. The van der Waals surface area contributed by atoms with Crippen LogP contribution < -0.4 is 4.74 Å². The molecule has 0 fully saturated rings. The molecule has 35 heavy (non-hydrogen) atoms. The fraction of sp³-hybridized carbons (Fsp3) is 0.111. The number of ether oxygens (including phenoxy) is 1. The highest BCUT2D eigenvalue weighted by molar-refractivity contribution is 5.91. The second-order valence-corrected chi connectivity index (χ2v) is 7.93. The lowest BCUT2D eigenvalue weighted by atomic mass is 9.97. The first-order valence-electron chi connectivity index (χ1n) is 10.6. The maximum absolute atomic E-state index is 11.3. The SMILES string of the molecule is COc1cc(C=Nc2oc(-c3ccc(C)cc3)c(-c3ccc(C)cc3)c2C#N)c(O)c([N+](=O)[O-])c1. The first-order chi connectivity index (χ1) is 16.8. The van der Waals surface area contributed by atoms with Gasteiger partial charge in [0.2, 0.25) is 11.6 Å². The van der Waals surface area contributed by atoms with Crippen molar-refractivity contribution in [3.63, 3.8) is 0 Å². The van der Waals surface area contributed by atoms with Gasteiger partial charge in [0.1, 0.15) is 23.1 Å². The fourth-order valence-corrected chi connectivity index (χ4v) is 3.62. The monoisotopic (exact) mass is 467 g/mol. The van der Waals surface area contributed by atoms with E-state index in [1.807, 2.05) is 62.4 Å². The van der Waals surface area contributed by atoms with Crippen LogP contribution in [0.1, 0.15) is 22.3 Å². The van der Waals surface area contributed by atoms with E-state index in [4.69, 9.17) is 9.15 Å². The van der Waals surface area contributed by atoms with E-state index in [1.165, 1.54) is 19.4 Å². The average Bonchev–Trinajstić information content (AvgIpc) is 3.22. The predicted molar refractivity (Wildman–Crippen MR) is 132 cm³/mol. The van der Waals surface area contributed by atoms with Gasteiger partial charge in [0.05, 0.1) is 18.1 Å². The van der Waals surface area contributed by atoms with Crippen molar-refractivity contribution in [2.45, 2.75) is 13.8 Å². The number of nitro groups is 1. The number of furan rings is 1. The van der Waals surface area contributed by atoms with Crippen molar-refractivity contribution >= 4 is 17.8 Å². The number of benzene rings is 3. The molecule has 1 N–H and O–H groups in total. The van der Waals surface area contributed by atoms with Gasteiger partial charge in [0, 0.05) is 22.9 Å². The normalized spacial score (nSPS) is 10.9. The zero-order chi connectivity index (χ0) is 25.1. The molecule has 0 atom stereocenters. The van der Waals surface area contributed by atoms with Gasteiger partial charge in [-0.15, -0.1) is 0 Å². The van der Waals surface area contributed by atoms with Gasteiger partial charge in [-0.1, -0.05) is 59.7 Å². The van der Waals surface area contributed by atoms with Gasteiger partial charge in [0.25, 0.3) is 0 Å². The van der Waals surface area contributed by atoms with Gasteiger partial charge >= 0.3 is 5.69 Å². The molecule has 1 heterocycles. The molecular weight excluding hydrogens is 446 g/mol. The van der Waals surface area contributed by atoms with E-state index < -0.39 is 16.4 Å². The van der Waals surface area contributed by atoms with E-state index in [0.29, 0.717) is 11.3 Å². The minimum atomic E-state index is -0.714. The summed E-state index contributed by atoms with van der Waals surface area (Å²) in [4.78, 5) is 14.9. The third-order valence-electron chi connectivity index (χ3n) is 5.50. The van der Waals surface area contributed by atoms with Gasteiger partial charge in [0.15, 0.2) is 0 Å². The Morgan fingerprint density at radius 1 is 1.06 bits per heavy atom. The third kappa shape index (κ3) is 4.61. The smallest absolute Gasteiger partial charge is 0.315 e. The maximum atomic E-state index is 11.3. The number of hydrogen-bond donors (Lipinski definition) is 1. The Labute approximate surface area is 201 Å². The van der Waals surface area contributed by atoms with E-state index in [-0.39, 0.29) is 22.8 Å². The highest BCUT2D eigenvalue weighted by atomic mass is 16.6. The molecule has 0 saturated carbocycles. The summed E-state index contributed by atoms with van der Waals surface area (Å²) in [5.74, 6) is 0.0978. The molecule has 0 aliphatic heterocycles. The second-order valence-electron chi connectivity index (χ2n) is 7.93. The molecule has 4 rings (SSSR count). The van der Waals surface area contributed by atoms with Crippen LogP contribution in [0.2, 0.25) is 0 Å². The first kappa shape index (κ1) is 23.3. The quantitative estimate of drug-likeness (QED) is 0.197. The molecule has 4 aromatic rings. The Morgan fingerprint density at radius 2 is 1.66 bits per heavy atom. The Hall–Kier alpha value is -4.90. The summed E-state index contributed by atoms with van der Waals surface area (Å²) < 4.78 is 11.2. The van der Waals surface area contributed by atoms with Crippen molar-refractivity contribution in [3.05, 3.63) is 93.0 Å². The van der Waals surface area contributed by atoms with Crippen molar-refractivity contribution in [1.82, 2.24) is 0 Å². The van der Waals surface area contributed by atoms with Crippen molar-refractivity contribution < 1.29 is 19.2 Å². The summed E-state index contributed by atoms with van der Waals surface area (Å²) in [6.07, 6.45) is 1.21. The summed E-state index contributed by atoms with van der Waals surface area (Å²) in [7, 11) is 1.36. The van der Waals surface area contributed by atoms with Crippen LogP contribution in [0.15, 0.2) is 70.1 Å². The number of aromatic hydroxyl groups is 1. The number of nitriles is 1. The maximum Gasteiger partial charge on any atom is 0.315 e. The van der Waals surface area contributed by atoms with Crippen LogP contribution in [0.4, 0.5) is 11.6 Å². The molecule has 0 radical (unpaired) electrons. The van der Waals surface area contributed by atoms with Gasteiger partial charge in [-0.05, 0) is 25.5 Å². The number of rotatable bonds is 6. The molecule has 0 unspecified atom stereocenters. The molecule has 3 aromatic carbocycles. The van der Waals surface area contributed by atoms with Gasteiger partial charge in [-0.25, -0.2) is 4.99 Å². The summed E-state index contributed by atoms with van der Waals surface area (Å²) in [5.41, 5.74) is 4.02. The molecule has 0 amide bonds. The number of phenolic OH excluding ortho intramolecular Hbond substituents is 1. The number of aliphatic imine (C=N–C) groups is 1. The van der Waals surface area contributed by atoms with Gasteiger partial charge in [-0.2, -0.15) is 5.26 Å². The Kier molecular flexibility index (Phi) is 6.34. The van der Waals surface area contributed by atoms with E-state index in [1.54, 1.807) is 0 Å². The van der Waals surface area contributed by atoms with E-state index in [9.17, 15) is 20.5 Å². The average molecular weight is 467 g/mol. The molecule has 174 valence electrons. The molecule has 0 bridgehead atoms. The summed E-state index contributed by atoms with van der Waals surface area (Å²) in [6.45, 7) is 3.95. The topological polar surface area (TPSA) is 122 Å². The van der Waals surface area contributed by atoms with Crippen molar-refractivity contribution in [3.8, 4) is 40.0 Å². The highest BCUT2D eigenvalue weighted by Crippen LogP contribution is 2.43. The summed E-state index contributed by atoms with van der Waals surface area (Å²) >= 11 is 0. The number of aryl methyl sites for hydroxylation is 2. The van der Waals surface area contributed by atoms with Crippen molar-refractivity contribution in [2.75, 3.05) is 7.11 Å². The van der Waals surface area contributed by atoms with E-state index in [0.717, 1.165) is 28.3 Å². The number of hydrogen-bond acceptors (Lipinski definition) is 7. The van der Waals surface area contributed by atoms with Crippen LogP contribution >= 0.6 is 0 Å². The minimum Gasteiger partial charge on any atom is -0.502 e. The largest absolute Gasteiger partial charge is 0.502 e. The van der Waals surface area contributed by atoms with Crippen LogP contribution in [0.5, 0.6) is 11.5 Å². The Bertz CT molecular complexity index is 1480. The van der Waals surface area contributed by atoms with E-state index >= 15 is 0 Å². The predicted octanol–water partition coefficient (Wildman–Crippen LogP) is 6.48. The molecule has 1 aromatic heterocycles. The van der Waals surface area contributed by atoms with Crippen LogP contribution in [0.25, 0.3) is 22.5 Å². The second kappa shape index (κ2) is 9.53. The third-order valence-corrected chi connectivity index (χ3v) is 5.50. The van der Waals surface area contributed by atoms with Crippen LogP contribution in [0, 0.1) is 35.3 Å². The Morgan fingerprint density at radius 3 is 2.20 bits per heavy atom. The molecule has 0 aliphatic carbocycles. The van der Waals surface area contributed by atoms with Crippen LogP contribution in [-0.2, 0) is 0 Å². The molecule has 0 spiro atoms. The lowest BCUT2D eigenvalue weighted by Crippen LogP contribution is -1.94. The zero-order valence-corrected chi connectivity index (χ0v) is 19.3. The summed E-state index contributed by atoms with van der Waals surface area (Å²) in [5, 5.41) is 31.7. The van der Waals surface area contributed by atoms with Crippen LogP contribution in [-0.4, -0.2) is 23.4 Å². The zero-order valence-electron chi connectivity index (χ0n) is 19.3. The van der Waals surface area contributed by atoms with Crippen LogP contribution in [0.3, 0.4) is 0 Å². The number of methoxy groups -OCH3 is 1. The van der Waals surface area contributed by atoms with Crippen molar-refractivity contribution in [1.29, 1.82) is 5.26 Å². The summed E-state index contributed by atoms with van der Waals surface area (Å²) in [6, 6.07) is 20.1. The molecule has 0 aliphatic rings.